The molecule has 0 spiro atoms. The molecule has 1 aliphatic heterocycles. The maximum atomic E-state index is 12.0. The van der Waals surface area contributed by atoms with Gasteiger partial charge in [-0.1, -0.05) is 0 Å². The number of rotatable bonds is 0. The molecule has 0 radical (unpaired) electrons. The second-order valence-corrected chi connectivity index (χ2v) is 3.82. The van der Waals surface area contributed by atoms with Crippen LogP contribution < -0.4 is 10.9 Å². The Morgan fingerprint density at radius 2 is 2.40 bits per heavy atom. The molecule has 3 heterocycles. The minimum absolute atomic E-state index is 0.111. The topological polar surface area (TPSA) is 51.3 Å². The van der Waals surface area contributed by atoms with E-state index < -0.39 is 0 Å². The number of nitrogens with zero attached hydrogens (tertiary/aromatic N) is 3. The largest absolute Gasteiger partial charge is 0.311 e. The Hall–Kier alpha value is -1.62. The van der Waals surface area contributed by atoms with Crippen LogP contribution in [0.2, 0.25) is 0 Å². The van der Waals surface area contributed by atoms with Gasteiger partial charge < -0.3 is 5.32 Å². The van der Waals surface area contributed by atoms with Crippen molar-refractivity contribution < 1.29 is 0 Å². The lowest BCUT2D eigenvalue weighted by molar-refractivity contribution is 0.589. The zero-order chi connectivity index (χ0) is 10.4. The van der Waals surface area contributed by atoms with Crippen LogP contribution in [0.5, 0.6) is 0 Å². The lowest BCUT2D eigenvalue weighted by Gasteiger charge is -2.18. The molecule has 0 saturated carbocycles. The van der Waals surface area contributed by atoms with Gasteiger partial charge in [0.25, 0.3) is 5.56 Å². The third kappa shape index (κ3) is 1.07. The first-order valence-electron chi connectivity index (χ1n) is 5.04. The number of fused-ring (bicyclic) bond motifs is 3. The van der Waals surface area contributed by atoms with E-state index in [1.54, 1.807) is 17.8 Å². The molecule has 3 rings (SSSR count). The highest BCUT2D eigenvalue weighted by molar-refractivity contribution is 5.41. The Labute approximate surface area is 86.3 Å². The Kier molecular flexibility index (Phi) is 1.70. The molecule has 2 aromatic rings. The molecule has 0 fully saturated rings. The van der Waals surface area contributed by atoms with Crippen LogP contribution in [-0.4, -0.2) is 20.7 Å². The fraction of sp³-hybridized carbons (Fsp3) is 0.400. The fourth-order valence-electron chi connectivity index (χ4n) is 2.17. The number of nitrogens with one attached hydrogen (secondary N) is 1. The fourth-order valence-corrected chi connectivity index (χ4v) is 2.17. The third-order valence-electron chi connectivity index (χ3n) is 2.98. The summed E-state index contributed by atoms with van der Waals surface area (Å²) in [5.74, 6) is 0. The third-order valence-corrected chi connectivity index (χ3v) is 2.98. The zero-order valence-electron chi connectivity index (χ0n) is 8.53. The number of hydrogen-bond acceptors (Lipinski definition) is 3. The smallest absolute Gasteiger partial charge is 0.257 e. The summed E-state index contributed by atoms with van der Waals surface area (Å²) in [7, 11) is 1.79. The van der Waals surface area contributed by atoms with Crippen LogP contribution in [0.25, 0.3) is 5.65 Å². The molecule has 2 aromatic heterocycles. The number of hydrogen-bond donors (Lipinski definition) is 1. The van der Waals surface area contributed by atoms with Crippen LogP contribution >= 0.6 is 0 Å². The summed E-state index contributed by atoms with van der Waals surface area (Å²) in [6.07, 6.45) is 2.52. The van der Waals surface area contributed by atoms with E-state index >= 15 is 0 Å². The van der Waals surface area contributed by atoms with Crippen molar-refractivity contribution in [2.45, 2.75) is 13.0 Å². The van der Waals surface area contributed by atoms with Crippen molar-refractivity contribution in [2.24, 2.45) is 7.05 Å². The molecule has 0 amide bonds. The number of aromatic nitrogens is 3. The molecule has 78 valence electrons. The highest BCUT2D eigenvalue weighted by Gasteiger charge is 2.18. The molecule has 0 aromatic carbocycles. The minimum Gasteiger partial charge on any atom is -0.311 e. The molecular weight excluding hydrogens is 192 g/mol. The Morgan fingerprint density at radius 1 is 1.53 bits per heavy atom. The van der Waals surface area contributed by atoms with Gasteiger partial charge in [0.15, 0.2) is 0 Å². The Morgan fingerprint density at radius 3 is 3.27 bits per heavy atom. The van der Waals surface area contributed by atoms with E-state index in [1.165, 1.54) is 0 Å². The predicted molar refractivity (Wildman–Crippen MR) is 55.8 cm³/mol. The van der Waals surface area contributed by atoms with Crippen molar-refractivity contribution in [3.05, 3.63) is 33.9 Å². The van der Waals surface area contributed by atoms with Crippen LogP contribution in [0.15, 0.2) is 17.1 Å². The van der Waals surface area contributed by atoms with Crippen LogP contribution in [0.3, 0.4) is 0 Å². The molecule has 0 unspecified atom stereocenters. The van der Waals surface area contributed by atoms with E-state index in [2.05, 4.69) is 10.4 Å². The van der Waals surface area contributed by atoms with Gasteiger partial charge in [-0.05, 0) is 13.0 Å². The molecule has 1 aliphatic rings. The summed E-state index contributed by atoms with van der Waals surface area (Å²) in [5.41, 5.74) is 2.86. The van der Waals surface area contributed by atoms with Crippen LogP contribution in [0.4, 0.5) is 0 Å². The van der Waals surface area contributed by atoms with Crippen LogP contribution in [-0.2, 0) is 20.0 Å². The molecule has 5 nitrogen and oxygen atoms in total. The Bertz CT molecular complexity index is 581. The van der Waals surface area contributed by atoms with Gasteiger partial charge in [-0.25, -0.2) is 4.52 Å². The van der Waals surface area contributed by atoms with Gasteiger partial charge in [-0.2, -0.15) is 5.10 Å². The van der Waals surface area contributed by atoms with Gasteiger partial charge in [0, 0.05) is 25.2 Å². The average molecular weight is 204 g/mol. The minimum atomic E-state index is 0.111. The van der Waals surface area contributed by atoms with Crippen LogP contribution in [0, 0.1) is 0 Å². The van der Waals surface area contributed by atoms with Crippen molar-refractivity contribution >= 4 is 5.65 Å². The highest BCUT2D eigenvalue weighted by atomic mass is 16.1. The van der Waals surface area contributed by atoms with E-state index in [1.807, 2.05) is 10.6 Å². The predicted octanol–water partition coefficient (Wildman–Crippen LogP) is -0.321. The normalized spacial score (nSPS) is 15.5. The van der Waals surface area contributed by atoms with Gasteiger partial charge in [0.2, 0.25) is 0 Å². The lowest BCUT2D eigenvalue weighted by atomic mass is 10.1. The second kappa shape index (κ2) is 2.93. The highest BCUT2D eigenvalue weighted by Crippen LogP contribution is 2.11. The molecule has 0 atom stereocenters. The molecular formula is C10H12N4O. The maximum absolute atomic E-state index is 12.0. The summed E-state index contributed by atoms with van der Waals surface area (Å²) in [4.78, 5) is 12.0. The Balaban J connectivity index is 2.50. The lowest BCUT2D eigenvalue weighted by Crippen LogP contribution is -2.35. The molecule has 15 heavy (non-hydrogen) atoms. The SMILES string of the molecule is Cn1c(=O)c2c(n3nccc13)CNCC2. The van der Waals surface area contributed by atoms with Crippen molar-refractivity contribution in [1.82, 2.24) is 19.5 Å². The summed E-state index contributed by atoms with van der Waals surface area (Å²) in [6, 6.07) is 1.86. The summed E-state index contributed by atoms with van der Waals surface area (Å²) >= 11 is 0. The monoisotopic (exact) mass is 204 g/mol. The summed E-state index contributed by atoms with van der Waals surface area (Å²) < 4.78 is 3.51. The first kappa shape index (κ1) is 8.67. The van der Waals surface area contributed by atoms with E-state index in [0.29, 0.717) is 0 Å². The molecule has 0 bridgehead atoms. The van der Waals surface area contributed by atoms with Gasteiger partial charge >= 0.3 is 0 Å². The van der Waals surface area contributed by atoms with E-state index in [9.17, 15) is 4.79 Å². The van der Waals surface area contributed by atoms with Crippen LogP contribution in [0.1, 0.15) is 11.3 Å². The van der Waals surface area contributed by atoms with Crippen molar-refractivity contribution in [3.8, 4) is 0 Å². The van der Waals surface area contributed by atoms with Gasteiger partial charge in [0.05, 0.1) is 11.9 Å². The van der Waals surface area contributed by atoms with Crippen molar-refractivity contribution in [2.75, 3.05) is 6.54 Å². The molecule has 0 saturated heterocycles. The summed E-state index contributed by atoms with van der Waals surface area (Å²) in [5, 5.41) is 7.51. The van der Waals surface area contributed by atoms with Crippen molar-refractivity contribution in [1.29, 1.82) is 0 Å². The zero-order valence-corrected chi connectivity index (χ0v) is 8.53. The molecule has 1 N–H and O–H groups in total. The van der Waals surface area contributed by atoms with Gasteiger partial charge in [-0.3, -0.25) is 9.36 Å². The molecule has 5 heteroatoms. The van der Waals surface area contributed by atoms with Crippen molar-refractivity contribution in [3.63, 3.8) is 0 Å². The van der Waals surface area contributed by atoms with Gasteiger partial charge in [0.1, 0.15) is 5.65 Å². The second-order valence-electron chi connectivity index (χ2n) is 3.82. The summed E-state index contributed by atoms with van der Waals surface area (Å²) in [6.45, 7) is 1.60. The quantitative estimate of drug-likeness (QED) is 0.640. The average Bonchev–Trinajstić information content (AvgIpc) is 2.75. The van der Waals surface area contributed by atoms with Gasteiger partial charge in [-0.15, -0.1) is 0 Å². The van der Waals surface area contributed by atoms with E-state index in [-0.39, 0.29) is 5.56 Å². The first-order valence-corrected chi connectivity index (χ1v) is 5.04. The van der Waals surface area contributed by atoms with E-state index in [4.69, 9.17) is 0 Å². The maximum Gasteiger partial charge on any atom is 0.257 e. The van der Waals surface area contributed by atoms with E-state index in [0.717, 1.165) is 36.4 Å². The molecule has 0 aliphatic carbocycles. The standard InChI is InChI=1S/C10H12N4O/c1-13-9-3-5-12-14(9)8-6-11-4-2-7(8)10(13)15/h3,5,11H,2,4,6H2,1H3. The number of aryl methyl sites for hydroxylation is 1. The first-order chi connectivity index (χ1) is 7.29.